The van der Waals surface area contributed by atoms with Crippen molar-refractivity contribution in [1.82, 2.24) is 10.2 Å². The van der Waals surface area contributed by atoms with Crippen molar-refractivity contribution >= 4 is 0 Å². The van der Waals surface area contributed by atoms with Crippen LogP contribution in [-0.4, -0.2) is 44.8 Å². The number of methoxy groups -OCH3 is 1. The van der Waals surface area contributed by atoms with Gasteiger partial charge in [-0.05, 0) is 31.5 Å². The highest BCUT2D eigenvalue weighted by Crippen LogP contribution is 2.12. The van der Waals surface area contributed by atoms with Crippen molar-refractivity contribution in [2.45, 2.75) is 18.9 Å². The molecule has 1 aliphatic heterocycles. The topological polar surface area (TPSA) is 24.5 Å². The number of ether oxygens (including phenoxy) is 1. The summed E-state index contributed by atoms with van der Waals surface area (Å²) in [4.78, 5) is 2.53. The Bertz CT molecular complexity index is 323. The van der Waals surface area contributed by atoms with Crippen molar-refractivity contribution in [3.8, 4) is 0 Å². The van der Waals surface area contributed by atoms with E-state index in [1.54, 1.807) is 7.11 Å². The molecule has 1 unspecified atom stereocenters. The van der Waals surface area contributed by atoms with Crippen LogP contribution in [0.25, 0.3) is 0 Å². The monoisotopic (exact) mass is 248 g/mol. The molecule has 0 aromatic heterocycles. The average Bonchev–Trinajstić information content (AvgIpc) is 2.92. The Morgan fingerprint density at radius 2 is 1.94 bits per heavy atom. The minimum atomic E-state index is 0.304. The van der Waals surface area contributed by atoms with Crippen LogP contribution in [0.4, 0.5) is 0 Å². The molecule has 1 saturated heterocycles. The molecule has 0 saturated carbocycles. The van der Waals surface area contributed by atoms with Crippen molar-refractivity contribution in [2.75, 3.05) is 39.9 Å². The Morgan fingerprint density at radius 1 is 1.22 bits per heavy atom. The summed E-state index contributed by atoms with van der Waals surface area (Å²) in [5, 5.41) is 3.60. The molecule has 3 nitrogen and oxygen atoms in total. The minimum Gasteiger partial charge on any atom is -0.383 e. The summed E-state index contributed by atoms with van der Waals surface area (Å²) in [6.45, 7) is 5.43. The van der Waals surface area contributed by atoms with Gasteiger partial charge < -0.3 is 15.0 Å². The van der Waals surface area contributed by atoms with Crippen LogP contribution < -0.4 is 5.32 Å². The molecular formula is C15H24N2O. The van der Waals surface area contributed by atoms with E-state index in [2.05, 4.69) is 40.5 Å². The van der Waals surface area contributed by atoms with Crippen molar-refractivity contribution < 1.29 is 4.74 Å². The largest absolute Gasteiger partial charge is 0.383 e. The van der Waals surface area contributed by atoms with Crippen LogP contribution in [0, 0.1) is 0 Å². The molecule has 1 atom stereocenters. The molecule has 1 heterocycles. The third kappa shape index (κ3) is 4.09. The van der Waals surface area contributed by atoms with Gasteiger partial charge in [-0.15, -0.1) is 0 Å². The molecule has 1 aliphatic rings. The van der Waals surface area contributed by atoms with E-state index in [9.17, 15) is 0 Å². The molecule has 1 N–H and O–H groups in total. The van der Waals surface area contributed by atoms with Gasteiger partial charge in [0, 0.05) is 20.2 Å². The quantitative estimate of drug-likeness (QED) is 0.799. The highest BCUT2D eigenvalue weighted by atomic mass is 16.5. The van der Waals surface area contributed by atoms with E-state index in [1.807, 2.05) is 0 Å². The lowest BCUT2D eigenvalue weighted by Crippen LogP contribution is -2.33. The van der Waals surface area contributed by atoms with Gasteiger partial charge in [0.2, 0.25) is 0 Å². The highest BCUT2D eigenvalue weighted by Gasteiger charge is 2.13. The summed E-state index contributed by atoms with van der Waals surface area (Å²) >= 11 is 0. The zero-order chi connectivity index (χ0) is 12.6. The second-order valence-electron chi connectivity index (χ2n) is 4.92. The summed E-state index contributed by atoms with van der Waals surface area (Å²) in [7, 11) is 1.76. The molecule has 3 heteroatoms. The lowest BCUT2D eigenvalue weighted by Gasteiger charge is -2.21. The first kappa shape index (κ1) is 13.5. The van der Waals surface area contributed by atoms with Crippen molar-refractivity contribution in [2.24, 2.45) is 0 Å². The van der Waals surface area contributed by atoms with Gasteiger partial charge in [0.1, 0.15) is 0 Å². The van der Waals surface area contributed by atoms with Crippen molar-refractivity contribution in [3.05, 3.63) is 35.9 Å². The smallest absolute Gasteiger partial charge is 0.0657 e. The zero-order valence-electron chi connectivity index (χ0n) is 11.3. The second-order valence-corrected chi connectivity index (χ2v) is 4.92. The van der Waals surface area contributed by atoms with E-state index < -0.39 is 0 Å². The molecule has 1 aromatic rings. The number of nitrogens with zero attached hydrogens (tertiary/aromatic N) is 1. The van der Waals surface area contributed by atoms with Gasteiger partial charge in [0.25, 0.3) is 0 Å². The number of nitrogens with one attached hydrogen (secondary N) is 1. The molecule has 0 aliphatic carbocycles. The maximum absolute atomic E-state index is 5.30. The number of hydrogen-bond donors (Lipinski definition) is 1. The van der Waals surface area contributed by atoms with Gasteiger partial charge in [-0.1, -0.05) is 30.3 Å². The summed E-state index contributed by atoms with van der Waals surface area (Å²) in [6, 6.07) is 10.8. The normalized spacial score (nSPS) is 18.1. The van der Waals surface area contributed by atoms with Crippen molar-refractivity contribution in [1.29, 1.82) is 0 Å². The Kier molecular flexibility index (Phi) is 5.65. The number of benzene rings is 1. The fourth-order valence-electron chi connectivity index (χ4n) is 2.53. The van der Waals surface area contributed by atoms with Crippen LogP contribution in [0.3, 0.4) is 0 Å². The van der Waals surface area contributed by atoms with Crippen molar-refractivity contribution in [3.63, 3.8) is 0 Å². The predicted octanol–water partition coefficient (Wildman–Crippen LogP) is 2.06. The van der Waals surface area contributed by atoms with Gasteiger partial charge in [-0.25, -0.2) is 0 Å². The van der Waals surface area contributed by atoms with Gasteiger partial charge in [-0.3, -0.25) is 0 Å². The SMILES string of the molecule is COCC(NCCN1CCCC1)c1ccccc1. The van der Waals surface area contributed by atoms with E-state index in [1.165, 1.54) is 31.5 Å². The maximum Gasteiger partial charge on any atom is 0.0657 e. The summed E-state index contributed by atoms with van der Waals surface area (Å²) in [5.74, 6) is 0. The lowest BCUT2D eigenvalue weighted by molar-refractivity contribution is 0.165. The van der Waals surface area contributed by atoms with Gasteiger partial charge >= 0.3 is 0 Å². The fraction of sp³-hybridized carbons (Fsp3) is 0.600. The molecule has 0 radical (unpaired) electrons. The van der Waals surface area contributed by atoms with Gasteiger partial charge in [-0.2, -0.15) is 0 Å². The Morgan fingerprint density at radius 3 is 2.61 bits per heavy atom. The Hall–Kier alpha value is -0.900. The van der Waals surface area contributed by atoms with E-state index >= 15 is 0 Å². The second kappa shape index (κ2) is 7.52. The summed E-state index contributed by atoms with van der Waals surface area (Å²) in [6.07, 6.45) is 2.72. The first-order valence-electron chi connectivity index (χ1n) is 6.90. The molecule has 0 spiro atoms. The number of likely N-dealkylation sites (tertiary alicyclic amines) is 1. The van der Waals surface area contributed by atoms with Crippen LogP contribution >= 0.6 is 0 Å². The van der Waals surface area contributed by atoms with Crippen LogP contribution in [0.15, 0.2) is 30.3 Å². The van der Waals surface area contributed by atoms with Gasteiger partial charge in [0.15, 0.2) is 0 Å². The fourth-order valence-corrected chi connectivity index (χ4v) is 2.53. The number of rotatable bonds is 7. The Balaban J connectivity index is 1.79. The van der Waals surface area contributed by atoms with E-state index in [0.29, 0.717) is 6.04 Å². The van der Waals surface area contributed by atoms with E-state index in [-0.39, 0.29) is 0 Å². The van der Waals surface area contributed by atoms with Crippen LogP contribution in [-0.2, 0) is 4.74 Å². The third-order valence-corrected chi connectivity index (χ3v) is 3.55. The lowest BCUT2D eigenvalue weighted by atomic mass is 10.1. The first-order valence-corrected chi connectivity index (χ1v) is 6.90. The van der Waals surface area contributed by atoms with Gasteiger partial charge in [0.05, 0.1) is 12.6 Å². The summed E-state index contributed by atoms with van der Waals surface area (Å²) in [5.41, 5.74) is 1.31. The summed E-state index contributed by atoms with van der Waals surface area (Å²) < 4.78 is 5.30. The predicted molar refractivity (Wildman–Crippen MR) is 74.7 cm³/mol. The van der Waals surface area contributed by atoms with E-state index in [4.69, 9.17) is 4.74 Å². The molecule has 1 aromatic carbocycles. The van der Waals surface area contributed by atoms with Crippen LogP contribution in [0.5, 0.6) is 0 Å². The van der Waals surface area contributed by atoms with E-state index in [0.717, 1.165) is 19.7 Å². The maximum atomic E-state index is 5.30. The molecular weight excluding hydrogens is 224 g/mol. The molecule has 0 amide bonds. The molecule has 18 heavy (non-hydrogen) atoms. The standard InChI is InChI=1S/C15H24N2O/c1-18-13-15(14-7-3-2-4-8-14)16-9-12-17-10-5-6-11-17/h2-4,7-8,15-16H,5-6,9-13H2,1H3. The molecule has 1 fully saturated rings. The average molecular weight is 248 g/mol. The van der Waals surface area contributed by atoms with Crippen LogP contribution in [0.2, 0.25) is 0 Å². The first-order chi connectivity index (χ1) is 8.90. The number of hydrogen-bond acceptors (Lipinski definition) is 3. The Labute approximate surface area is 110 Å². The molecule has 2 rings (SSSR count). The zero-order valence-corrected chi connectivity index (χ0v) is 11.3. The third-order valence-electron chi connectivity index (χ3n) is 3.55. The highest BCUT2D eigenvalue weighted by molar-refractivity contribution is 5.18. The molecule has 100 valence electrons. The molecule has 0 bridgehead atoms. The van der Waals surface area contributed by atoms with Crippen LogP contribution in [0.1, 0.15) is 24.4 Å². The minimum absolute atomic E-state index is 0.304.